The normalized spacial score (nSPS) is 10.3. The van der Waals surface area contributed by atoms with Gasteiger partial charge in [-0.3, -0.25) is 0 Å². The summed E-state index contributed by atoms with van der Waals surface area (Å²) in [6.07, 6.45) is 0. The molecule has 0 fully saturated rings. The first-order valence-corrected chi connectivity index (χ1v) is 5.78. The van der Waals surface area contributed by atoms with Crippen LogP contribution >= 0.6 is 11.6 Å². The van der Waals surface area contributed by atoms with Crippen LogP contribution in [0.3, 0.4) is 0 Å². The minimum absolute atomic E-state index is 0.257. The van der Waals surface area contributed by atoms with Crippen molar-refractivity contribution in [3.63, 3.8) is 0 Å². The molecule has 0 amide bonds. The summed E-state index contributed by atoms with van der Waals surface area (Å²) in [5.74, 6) is -0.204. The minimum atomic E-state index is -0.461. The third-order valence-corrected chi connectivity index (χ3v) is 2.54. The Hall–Kier alpha value is -2.01. The molecule has 0 saturated carbocycles. The molecule has 0 aliphatic rings. The Labute approximate surface area is 109 Å². The molecule has 0 aliphatic heterocycles. The van der Waals surface area contributed by atoms with Crippen molar-refractivity contribution in [2.45, 2.75) is 6.92 Å². The van der Waals surface area contributed by atoms with E-state index < -0.39 is 5.97 Å². The first-order valence-electron chi connectivity index (χ1n) is 5.40. The van der Waals surface area contributed by atoms with E-state index in [0.717, 1.165) is 0 Å². The van der Waals surface area contributed by atoms with Gasteiger partial charge in [-0.2, -0.15) is 0 Å². The number of nitrogen functional groups attached to an aromatic ring is 1. The summed E-state index contributed by atoms with van der Waals surface area (Å²) in [5.41, 5.74) is 6.60. The van der Waals surface area contributed by atoms with Crippen LogP contribution < -0.4 is 5.73 Å². The van der Waals surface area contributed by atoms with Gasteiger partial charge in [0, 0.05) is 11.1 Å². The fourth-order valence-corrected chi connectivity index (χ4v) is 1.65. The van der Waals surface area contributed by atoms with Crippen LogP contribution in [0.2, 0.25) is 5.02 Å². The van der Waals surface area contributed by atoms with E-state index in [-0.39, 0.29) is 11.5 Å². The van der Waals surface area contributed by atoms with Crippen LogP contribution in [0, 0.1) is 0 Å². The van der Waals surface area contributed by atoms with Crippen molar-refractivity contribution in [2.75, 3.05) is 12.3 Å². The van der Waals surface area contributed by atoms with Crippen LogP contribution in [0.4, 0.5) is 5.82 Å². The van der Waals surface area contributed by atoms with Crippen molar-refractivity contribution < 1.29 is 9.53 Å². The zero-order chi connectivity index (χ0) is 13.1. The van der Waals surface area contributed by atoms with Gasteiger partial charge in [0.1, 0.15) is 5.82 Å². The molecule has 0 radical (unpaired) electrons. The number of hydrogen-bond acceptors (Lipinski definition) is 4. The van der Waals surface area contributed by atoms with E-state index in [1.807, 2.05) is 0 Å². The van der Waals surface area contributed by atoms with Gasteiger partial charge in [-0.05, 0) is 31.2 Å². The first kappa shape index (κ1) is 12.4. The number of anilines is 1. The standard InChI is InChI=1S/C12H12ClN3O2/c1-2-18-12(17)10-7-11(14)15-16(10)9-5-3-8(13)4-6-9/h3-7H,2H2,1H3,(H2,14,15). The fourth-order valence-electron chi connectivity index (χ4n) is 1.53. The number of aromatic nitrogens is 2. The van der Waals surface area contributed by atoms with Gasteiger partial charge >= 0.3 is 5.97 Å². The maximum Gasteiger partial charge on any atom is 0.357 e. The molecule has 6 heteroatoms. The SMILES string of the molecule is CCOC(=O)c1cc(N)nn1-c1ccc(Cl)cc1. The third kappa shape index (κ3) is 2.46. The van der Waals surface area contributed by atoms with Gasteiger partial charge in [-0.1, -0.05) is 11.6 Å². The van der Waals surface area contributed by atoms with E-state index in [9.17, 15) is 4.79 Å². The lowest BCUT2D eigenvalue weighted by molar-refractivity contribution is 0.0516. The zero-order valence-corrected chi connectivity index (χ0v) is 10.5. The van der Waals surface area contributed by atoms with E-state index in [0.29, 0.717) is 17.3 Å². The van der Waals surface area contributed by atoms with E-state index in [2.05, 4.69) is 5.10 Å². The predicted octanol–water partition coefficient (Wildman–Crippen LogP) is 2.28. The first-order chi connectivity index (χ1) is 8.61. The zero-order valence-electron chi connectivity index (χ0n) is 9.76. The van der Waals surface area contributed by atoms with Crippen molar-refractivity contribution in [1.82, 2.24) is 9.78 Å². The van der Waals surface area contributed by atoms with E-state index in [1.54, 1.807) is 31.2 Å². The molecule has 94 valence electrons. The van der Waals surface area contributed by atoms with Gasteiger partial charge < -0.3 is 10.5 Å². The van der Waals surface area contributed by atoms with E-state index >= 15 is 0 Å². The van der Waals surface area contributed by atoms with Crippen LogP contribution in [0.1, 0.15) is 17.4 Å². The highest BCUT2D eigenvalue weighted by Crippen LogP contribution is 2.17. The average Bonchev–Trinajstić information content (AvgIpc) is 2.73. The highest BCUT2D eigenvalue weighted by Gasteiger charge is 2.16. The lowest BCUT2D eigenvalue weighted by atomic mass is 10.3. The lowest BCUT2D eigenvalue weighted by Gasteiger charge is -2.06. The van der Waals surface area contributed by atoms with Gasteiger partial charge in [0.25, 0.3) is 0 Å². The minimum Gasteiger partial charge on any atom is -0.461 e. The topological polar surface area (TPSA) is 70.1 Å². The number of esters is 1. The predicted molar refractivity (Wildman–Crippen MR) is 68.9 cm³/mol. The van der Waals surface area contributed by atoms with Crippen LogP contribution in [0.25, 0.3) is 5.69 Å². The molecule has 1 aromatic heterocycles. The monoisotopic (exact) mass is 265 g/mol. The molecule has 1 heterocycles. The second-order valence-electron chi connectivity index (χ2n) is 3.56. The molecule has 2 aromatic rings. The van der Waals surface area contributed by atoms with Crippen LogP contribution in [0.15, 0.2) is 30.3 Å². The number of carbonyl (C=O) groups is 1. The van der Waals surface area contributed by atoms with Crippen molar-refractivity contribution in [3.05, 3.63) is 41.0 Å². The summed E-state index contributed by atoms with van der Waals surface area (Å²) in [5, 5.41) is 4.67. The Balaban J connectivity index is 2.44. The molecular weight excluding hydrogens is 254 g/mol. The number of hydrogen-bond donors (Lipinski definition) is 1. The Morgan fingerprint density at radius 3 is 2.72 bits per heavy atom. The maximum absolute atomic E-state index is 11.8. The summed E-state index contributed by atoms with van der Waals surface area (Å²) in [4.78, 5) is 11.8. The number of rotatable bonds is 3. The Kier molecular flexibility index (Phi) is 3.53. The Bertz CT molecular complexity index is 563. The van der Waals surface area contributed by atoms with E-state index in [4.69, 9.17) is 22.1 Å². The summed E-state index contributed by atoms with van der Waals surface area (Å²) in [7, 11) is 0. The maximum atomic E-state index is 11.8. The van der Waals surface area contributed by atoms with Crippen LogP contribution in [-0.2, 0) is 4.74 Å². The summed E-state index contributed by atoms with van der Waals surface area (Å²) in [6.45, 7) is 2.04. The highest BCUT2D eigenvalue weighted by atomic mass is 35.5. The molecule has 0 aliphatic carbocycles. The van der Waals surface area contributed by atoms with Gasteiger partial charge in [-0.15, -0.1) is 5.10 Å². The van der Waals surface area contributed by atoms with Crippen molar-refractivity contribution in [2.24, 2.45) is 0 Å². The number of nitrogens with zero attached hydrogens (tertiary/aromatic N) is 2. The molecule has 0 saturated heterocycles. The van der Waals surface area contributed by atoms with Crippen molar-refractivity contribution >= 4 is 23.4 Å². The highest BCUT2D eigenvalue weighted by molar-refractivity contribution is 6.30. The summed E-state index contributed by atoms with van der Waals surface area (Å²) >= 11 is 5.81. The third-order valence-electron chi connectivity index (χ3n) is 2.28. The number of nitrogens with two attached hydrogens (primary N) is 1. The summed E-state index contributed by atoms with van der Waals surface area (Å²) in [6, 6.07) is 8.40. The molecular formula is C12H12ClN3O2. The van der Waals surface area contributed by atoms with Crippen LogP contribution in [0.5, 0.6) is 0 Å². The lowest BCUT2D eigenvalue weighted by Crippen LogP contribution is -2.11. The Morgan fingerprint density at radius 2 is 2.11 bits per heavy atom. The van der Waals surface area contributed by atoms with E-state index in [1.165, 1.54) is 10.7 Å². The largest absolute Gasteiger partial charge is 0.461 e. The van der Waals surface area contributed by atoms with Gasteiger partial charge in [0.05, 0.1) is 12.3 Å². The molecule has 0 spiro atoms. The Morgan fingerprint density at radius 1 is 1.44 bits per heavy atom. The molecule has 2 rings (SSSR count). The van der Waals surface area contributed by atoms with Crippen molar-refractivity contribution in [1.29, 1.82) is 0 Å². The molecule has 0 atom stereocenters. The quantitative estimate of drug-likeness (QED) is 0.865. The van der Waals surface area contributed by atoms with Crippen molar-refractivity contribution in [3.8, 4) is 5.69 Å². The number of ether oxygens (including phenoxy) is 1. The summed E-state index contributed by atoms with van der Waals surface area (Å²) < 4.78 is 6.38. The number of halogens is 1. The molecule has 0 bridgehead atoms. The molecule has 2 N–H and O–H groups in total. The van der Waals surface area contributed by atoms with Gasteiger partial charge in [0.2, 0.25) is 0 Å². The molecule has 1 aromatic carbocycles. The van der Waals surface area contributed by atoms with Gasteiger partial charge in [-0.25, -0.2) is 9.48 Å². The molecule has 5 nitrogen and oxygen atoms in total. The average molecular weight is 266 g/mol. The second-order valence-corrected chi connectivity index (χ2v) is 4.00. The van der Waals surface area contributed by atoms with Gasteiger partial charge in [0.15, 0.2) is 5.69 Å². The fraction of sp³-hybridized carbons (Fsp3) is 0.167. The van der Waals surface area contributed by atoms with Crippen LogP contribution in [-0.4, -0.2) is 22.4 Å². The molecule has 18 heavy (non-hydrogen) atoms. The second kappa shape index (κ2) is 5.10. The number of carbonyl (C=O) groups excluding carboxylic acids is 1. The molecule has 0 unspecified atom stereocenters. The number of benzene rings is 1. The smallest absolute Gasteiger partial charge is 0.357 e.